The normalized spacial score (nSPS) is 25.9. The minimum Gasteiger partial charge on any atom is -0.388 e. The molecule has 0 spiro atoms. The Morgan fingerprint density at radius 3 is 2.93 bits per heavy atom. The molecule has 5 heteroatoms. The highest BCUT2D eigenvalue weighted by Gasteiger charge is 2.31. The largest absolute Gasteiger partial charge is 0.388 e. The molecule has 4 nitrogen and oxygen atoms in total. The molecule has 1 fully saturated rings. The smallest absolute Gasteiger partial charge is 0.133 e. The van der Waals surface area contributed by atoms with Crippen molar-refractivity contribution >= 4 is 17.6 Å². The van der Waals surface area contributed by atoms with Crippen LogP contribution in [0.25, 0.3) is 0 Å². The van der Waals surface area contributed by atoms with Gasteiger partial charge in [0.15, 0.2) is 0 Å². The van der Waals surface area contributed by atoms with Gasteiger partial charge in [-0.15, -0.1) is 11.8 Å². The summed E-state index contributed by atoms with van der Waals surface area (Å²) in [6, 6.07) is 1.96. The third-order valence-corrected chi connectivity index (χ3v) is 3.25. The van der Waals surface area contributed by atoms with Gasteiger partial charge in [0, 0.05) is 19.2 Å². The lowest BCUT2D eigenvalue weighted by Gasteiger charge is -2.19. The monoisotopic (exact) mass is 225 g/mol. The summed E-state index contributed by atoms with van der Waals surface area (Å²) in [5.74, 6) is 0.909. The van der Waals surface area contributed by atoms with Crippen LogP contribution in [0.1, 0.15) is 13.3 Å². The number of thioether (sulfide) groups is 1. The van der Waals surface area contributed by atoms with Gasteiger partial charge in [0.2, 0.25) is 0 Å². The zero-order valence-electron chi connectivity index (χ0n) is 8.97. The van der Waals surface area contributed by atoms with Gasteiger partial charge in [-0.2, -0.15) is 0 Å². The molecular weight excluding hydrogens is 210 g/mol. The van der Waals surface area contributed by atoms with Crippen LogP contribution in [0, 0.1) is 0 Å². The van der Waals surface area contributed by atoms with Crippen molar-refractivity contribution < 1.29 is 5.11 Å². The first-order valence-electron chi connectivity index (χ1n) is 4.94. The van der Waals surface area contributed by atoms with Crippen molar-refractivity contribution in [2.24, 2.45) is 0 Å². The van der Waals surface area contributed by atoms with E-state index in [-0.39, 0.29) is 0 Å². The number of anilines is 1. The second-order valence-electron chi connectivity index (χ2n) is 4.09. The SMILES string of the molecule is CSc1cc(N2CCC(C)(O)C2)ncn1. The standard InChI is InChI=1S/C10H15N3OS/c1-10(14)3-4-13(6-10)8-5-9(15-2)12-7-11-8/h5,7,14H,3-4,6H2,1-2H3. The highest BCUT2D eigenvalue weighted by molar-refractivity contribution is 7.98. The first kappa shape index (κ1) is 10.7. The van der Waals surface area contributed by atoms with Gasteiger partial charge in [0.25, 0.3) is 0 Å². The van der Waals surface area contributed by atoms with Crippen LogP contribution in [-0.2, 0) is 0 Å². The first-order valence-corrected chi connectivity index (χ1v) is 6.16. The van der Waals surface area contributed by atoms with E-state index < -0.39 is 5.60 Å². The number of hydrogen-bond acceptors (Lipinski definition) is 5. The van der Waals surface area contributed by atoms with Crippen LogP contribution in [0.2, 0.25) is 0 Å². The molecule has 1 aromatic heterocycles. The first-order chi connectivity index (χ1) is 7.11. The molecular formula is C10H15N3OS. The van der Waals surface area contributed by atoms with Crippen molar-refractivity contribution in [3.63, 3.8) is 0 Å². The summed E-state index contributed by atoms with van der Waals surface area (Å²) in [4.78, 5) is 10.5. The number of rotatable bonds is 2. The third-order valence-electron chi connectivity index (χ3n) is 2.61. The van der Waals surface area contributed by atoms with Gasteiger partial charge in [-0.25, -0.2) is 9.97 Å². The third kappa shape index (κ3) is 2.41. The summed E-state index contributed by atoms with van der Waals surface area (Å²) in [7, 11) is 0. The summed E-state index contributed by atoms with van der Waals surface area (Å²) >= 11 is 1.60. The number of nitrogens with zero attached hydrogens (tertiary/aromatic N) is 3. The van der Waals surface area contributed by atoms with E-state index in [1.165, 1.54) is 0 Å². The van der Waals surface area contributed by atoms with E-state index in [1.807, 2.05) is 19.2 Å². The van der Waals surface area contributed by atoms with Crippen LogP contribution in [0.4, 0.5) is 5.82 Å². The topological polar surface area (TPSA) is 49.2 Å². The number of aromatic nitrogens is 2. The van der Waals surface area contributed by atoms with Crippen molar-refractivity contribution in [2.75, 3.05) is 24.2 Å². The Morgan fingerprint density at radius 2 is 2.33 bits per heavy atom. The van der Waals surface area contributed by atoms with Crippen molar-refractivity contribution in [2.45, 2.75) is 24.0 Å². The maximum atomic E-state index is 9.86. The Hall–Kier alpha value is -0.810. The van der Waals surface area contributed by atoms with Crippen LogP contribution in [-0.4, -0.2) is 40.0 Å². The molecule has 2 rings (SSSR count). The fourth-order valence-corrected chi connectivity index (χ4v) is 2.13. The second kappa shape index (κ2) is 3.98. The summed E-state index contributed by atoms with van der Waals surface area (Å²) in [6.07, 6.45) is 4.37. The quantitative estimate of drug-likeness (QED) is 0.604. The summed E-state index contributed by atoms with van der Waals surface area (Å²) < 4.78 is 0. The molecule has 15 heavy (non-hydrogen) atoms. The summed E-state index contributed by atoms with van der Waals surface area (Å²) in [6.45, 7) is 3.37. The minimum absolute atomic E-state index is 0.579. The van der Waals surface area contributed by atoms with Crippen LogP contribution in [0.5, 0.6) is 0 Å². The van der Waals surface area contributed by atoms with E-state index in [9.17, 15) is 5.11 Å². The lowest BCUT2D eigenvalue weighted by atomic mass is 10.1. The van der Waals surface area contributed by atoms with Crippen LogP contribution in [0.3, 0.4) is 0 Å². The van der Waals surface area contributed by atoms with Gasteiger partial charge in [-0.1, -0.05) is 0 Å². The molecule has 82 valence electrons. The molecule has 0 bridgehead atoms. The van der Waals surface area contributed by atoms with Crippen LogP contribution >= 0.6 is 11.8 Å². The maximum Gasteiger partial charge on any atom is 0.133 e. The zero-order valence-corrected chi connectivity index (χ0v) is 9.79. The van der Waals surface area contributed by atoms with Gasteiger partial charge in [0.05, 0.1) is 5.60 Å². The summed E-state index contributed by atoms with van der Waals surface area (Å²) in [5.41, 5.74) is -0.579. The van der Waals surface area contributed by atoms with Gasteiger partial charge < -0.3 is 10.0 Å². The average molecular weight is 225 g/mol. The van der Waals surface area contributed by atoms with Gasteiger partial charge in [-0.05, 0) is 19.6 Å². The van der Waals surface area contributed by atoms with Crippen LogP contribution < -0.4 is 4.90 Å². The van der Waals surface area contributed by atoms with E-state index in [4.69, 9.17) is 0 Å². The Morgan fingerprint density at radius 1 is 1.53 bits per heavy atom. The zero-order chi connectivity index (χ0) is 10.9. The fourth-order valence-electron chi connectivity index (χ4n) is 1.76. The Kier molecular flexibility index (Phi) is 2.84. The van der Waals surface area contributed by atoms with Gasteiger partial charge in [0.1, 0.15) is 17.2 Å². The average Bonchev–Trinajstić information content (AvgIpc) is 2.59. The highest BCUT2D eigenvalue weighted by Crippen LogP contribution is 2.26. The molecule has 0 radical (unpaired) electrons. The number of hydrogen-bond donors (Lipinski definition) is 1. The van der Waals surface area contributed by atoms with E-state index in [2.05, 4.69) is 14.9 Å². The molecule has 1 N–H and O–H groups in total. The van der Waals surface area contributed by atoms with Crippen molar-refractivity contribution in [1.29, 1.82) is 0 Å². The lowest BCUT2D eigenvalue weighted by Crippen LogP contribution is -2.30. The predicted octanol–water partition coefficient (Wildman–Crippen LogP) is 1.16. The van der Waals surface area contributed by atoms with Gasteiger partial charge >= 0.3 is 0 Å². The lowest BCUT2D eigenvalue weighted by molar-refractivity contribution is 0.0839. The molecule has 0 amide bonds. The Bertz CT molecular complexity index is 356. The molecule has 0 saturated carbocycles. The molecule has 1 aliphatic rings. The van der Waals surface area contributed by atoms with Crippen molar-refractivity contribution in [1.82, 2.24) is 9.97 Å². The fraction of sp³-hybridized carbons (Fsp3) is 0.600. The molecule has 1 saturated heterocycles. The Labute approximate surface area is 93.7 Å². The Balaban J connectivity index is 2.16. The molecule has 1 atom stereocenters. The molecule has 0 aromatic carbocycles. The number of β-amino-alcohol motifs (C(OH)–C–C–N with tert-alkyl or cyclic N) is 1. The molecule has 1 aliphatic heterocycles. The summed E-state index contributed by atoms with van der Waals surface area (Å²) in [5, 5.41) is 10.8. The van der Waals surface area contributed by atoms with E-state index >= 15 is 0 Å². The van der Waals surface area contributed by atoms with Crippen molar-refractivity contribution in [3.8, 4) is 0 Å². The minimum atomic E-state index is -0.579. The van der Waals surface area contributed by atoms with E-state index in [1.54, 1.807) is 18.1 Å². The van der Waals surface area contributed by atoms with Crippen LogP contribution in [0.15, 0.2) is 17.4 Å². The molecule has 1 unspecified atom stereocenters. The second-order valence-corrected chi connectivity index (χ2v) is 4.91. The van der Waals surface area contributed by atoms with E-state index in [0.717, 1.165) is 23.8 Å². The molecule has 2 heterocycles. The highest BCUT2D eigenvalue weighted by atomic mass is 32.2. The predicted molar refractivity (Wildman–Crippen MR) is 61.3 cm³/mol. The van der Waals surface area contributed by atoms with Crippen molar-refractivity contribution in [3.05, 3.63) is 12.4 Å². The van der Waals surface area contributed by atoms with Gasteiger partial charge in [-0.3, -0.25) is 0 Å². The molecule has 1 aromatic rings. The van der Waals surface area contributed by atoms with E-state index in [0.29, 0.717) is 6.54 Å². The number of aliphatic hydroxyl groups is 1. The molecule has 0 aliphatic carbocycles. The maximum absolute atomic E-state index is 9.86.